The Morgan fingerprint density at radius 3 is 2.55 bits per heavy atom. The van der Waals surface area contributed by atoms with Gasteiger partial charge in [0.1, 0.15) is 0 Å². The molecule has 1 aliphatic carbocycles. The van der Waals surface area contributed by atoms with Crippen molar-refractivity contribution in [1.82, 2.24) is 5.32 Å². The predicted octanol–water partition coefficient (Wildman–Crippen LogP) is 2.50. The lowest BCUT2D eigenvalue weighted by atomic mass is 9.89. The Morgan fingerprint density at radius 1 is 1.20 bits per heavy atom. The number of nitrogens with one attached hydrogen (secondary N) is 1. The fourth-order valence-electron chi connectivity index (χ4n) is 2.96. The molecule has 0 saturated heterocycles. The van der Waals surface area contributed by atoms with Crippen molar-refractivity contribution in [3.63, 3.8) is 0 Å². The summed E-state index contributed by atoms with van der Waals surface area (Å²) in [6.45, 7) is 1.23. The SMILES string of the molecule is NCC(Cc1ccccc1)C(=O)NCC1CCCCC1. The topological polar surface area (TPSA) is 55.1 Å². The molecule has 110 valence electrons. The molecule has 1 fully saturated rings. The Labute approximate surface area is 121 Å². The van der Waals surface area contributed by atoms with Crippen molar-refractivity contribution in [3.8, 4) is 0 Å². The third-order valence-corrected chi connectivity index (χ3v) is 4.27. The highest BCUT2D eigenvalue weighted by atomic mass is 16.1. The zero-order chi connectivity index (χ0) is 14.2. The van der Waals surface area contributed by atoms with Gasteiger partial charge in [0.15, 0.2) is 0 Å². The number of carbonyl (C=O) groups excluding carboxylic acids is 1. The van der Waals surface area contributed by atoms with Crippen LogP contribution in [0.5, 0.6) is 0 Å². The van der Waals surface area contributed by atoms with Gasteiger partial charge in [-0.05, 0) is 30.7 Å². The lowest BCUT2D eigenvalue weighted by Gasteiger charge is -2.23. The highest BCUT2D eigenvalue weighted by Crippen LogP contribution is 2.22. The molecule has 1 unspecified atom stereocenters. The average molecular weight is 274 g/mol. The Balaban J connectivity index is 1.79. The van der Waals surface area contributed by atoms with E-state index in [-0.39, 0.29) is 11.8 Å². The lowest BCUT2D eigenvalue weighted by molar-refractivity contribution is -0.124. The Hall–Kier alpha value is -1.35. The predicted molar refractivity (Wildman–Crippen MR) is 82.3 cm³/mol. The first-order valence-electron chi connectivity index (χ1n) is 7.81. The van der Waals surface area contributed by atoms with E-state index in [1.165, 1.54) is 37.7 Å². The summed E-state index contributed by atoms with van der Waals surface area (Å²) in [4.78, 5) is 12.2. The van der Waals surface area contributed by atoms with Gasteiger partial charge in [-0.1, -0.05) is 49.6 Å². The molecular formula is C17H26N2O. The molecule has 0 spiro atoms. The number of benzene rings is 1. The smallest absolute Gasteiger partial charge is 0.224 e. The van der Waals surface area contributed by atoms with E-state index in [4.69, 9.17) is 5.73 Å². The molecule has 0 aromatic heterocycles. The zero-order valence-electron chi connectivity index (χ0n) is 12.2. The van der Waals surface area contributed by atoms with Gasteiger partial charge in [-0.15, -0.1) is 0 Å². The first-order valence-corrected chi connectivity index (χ1v) is 7.81. The standard InChI is InChI=1S/C17H26N2O/c18-12-16(11-14-7-3-1-4-8-14)17(20)19-13-15-9-5-2-6-10-15/h1,3-4,7-8,15-16H,2,5-6,9-13,18H2,(H,19,20). The van der Waals surface area contributed by atoms with E-state index in [0.717, 1.165) is 13.0 Å². The van der Waals surface area contributed by atoms with Crippen molar-refractivity contribution in [2.45, 2.75) is 38.5 Å². The number of carbonyl (C=O) groups is 1. The van der Waals surface area contributed by atoms with Crippen LogP contribution >= 0.6 is 0 Å². The van der Waals surface area contributed by atoms with E-state index in [1.807, 2.05) is 18.2 Å². The molecule has 1 atom stereocenters. The fraction of sp³-hybridized carbons (Fsp3) is 0.588. The molecule has 0 bridgehead atoms. The van der Waals surface area contributed by atoms with Gasteiger partial charge in [0.2, 0.25) is 5.91 Å². The van der Waals surface area contributed by atoms with Crippen LogP contribution in [0.3, 0.4) is 0 Å². The minimum Gasteiger partial charge on any atom is -0.356 e. The summed E-state index contributed by atoms with van der Waals surface area (Å²) in [7, 11) is 0. The van der Waals surface area contributed by atoms with Gasteiger partial charge in [0.05, 0.1) is 5.92 Å². The minimum atomic E-state index is -0.110. The van der Waals surface area contributed by atoms with Crippen molar-refractivity contribution in [2.75, 3.05) is 13.1 Å². The van der Waals surface area contributed by atoms with Gasteiger partial charge in [-0.2, -0.15) is 0 Å². The summed E-state index contributed by atoms with van der Waals surface area (Å²) < 4.78 is 0. The van der Waals surface area contributed by atoms with Gasteiger partial charge in [-0.25, -0.2) is 0 Å². The Kier molecular flexibility index (Phi) is 6.06. The maximum absolute atomic E-state index is 12.2. The monoisotopic (exact) mass is 274 g/mol. The van der Waals surface area contributed by atoms with Crippen LogP contribution in [0.2, 0.25) is 0 Å². The maximum atomic E-state index is 12.2. The number of nitrogens with two attached hydrogens (primary N) is 1. The molecule has 1 aliphatic rings. The molecule has 2 rings (SSSR count). The van der Waals surface area contributed by atoms with Gasteiger partial charge in [-0.3, -0.25) is 4.79 Å². The van der Waals surface area contributed by atoms with E-state index < -0.39 is 0 Å². The van der Waals surface area contributed by atoms with Crippen LogP contribution in [0.4, 0.5) is 0 Å². The van der Waals surface area contributed by atoms with Crippen molar-refractivity contribution < 1.29 is 4.79 Å². The first-order chi connectivity index (χ1) is 9.79. The van der Waals surface area contributed by atoms with E-state index in [2.05, 4.69) is 17.4 Å². The molecule has 1 amide bonds. The van der Waals surface area contributed by atoms with Crippen LogP contribution in [0.1, 0.15) is 37.7 Å². The Bertz CT molecular complexity index is 399. The normalized spacial score (nSPS) is 17.6. The van der Waals surface area contributed by atoms with Crippen LogP contribution < -0.4 is 11.1 Å². The van der Waals surface area contributed by atoms with Crippen molar-refractivity contribution in [2.24, 2.45) is 17.6 Å². The second-order valence-corrected chi connectivity index (χ2v) is 5.87. The third-order valence-electron chi connectivity index (χ3n) is 4.27. The summed E-state index contributed by atoms with van der Waals surface area (Å²) in [6.07, 6.45) is 7.21. The summed E-state index contributed by atoms with van der Waals surface area (Å²) in [6, 6.07) is 10.1. The molecule has 3 N–H and O–H groups in total. The van der Waals surface area contributed by atoms with Crippen molar-refractivity contribution in [3.05, 3.63) is 35.9 Å². The van der Waals surface area contributed by atoms with Crippen molar-refractivity contribution in [1.29, 1.82) is 0 Å². The maximum Gasteiger partial charge on any atom is 0.224 e. The van der Waals surface area contributed by atoms with E-state index >= 15 is 0 Å². The number of amides is 1. The second-order valence-electron chi connectivity index (χ2n) is 5.87. The minimum absolute atomic E-state index is 0.110. The van der Waals surface area contributed by atoms with Crippen molar-refractivity contribution >= 4 is 5.91 Å². The fourth-order valence-corrected chi connectivity index (χ4v) is 2.96. The molecule has 1 aromatic rings. The number of rotatable bonds is 6. The van der Waals surface area contributed by atoms with Crippen LogP contribution in [-0.2, 0) is 11.2 Å². The molecule has 1 aromatic carbocycles. The molecule has 0 aliphatic heterocycles. The van der Waals surface area contributed by atoms with E-state index in [0.29, 0.717) is 12.5 Å². The molecule has 0 radical (unpaired) electrons. The highest BCUT2D eigenvalue weighted by Gasteiger charge is 2.19. The van der Waals surface area contributed by atoms with Crippen LogP contribution in [-0.4, -0.2) is 19.0 Å². The molecule has 1 saturated carbocycles. The Morgan fingerprint density at radius 2 is 1.90 bits per heavy atom. The van der Waals surface area contributed by atoms with Crippen LogP contribution in [0.15, 0.2) is 30.3 Å². The second kappa shape index (κ2) is 8.05. The molecule has 3 heteroatoms. The van der Waals surface area contributed by atoms with Crippen LogP contribution in [0, 0.1) is 11.8 Å². The molecule has 20 heavy (non-hydrogen) atoms. The van der Waals surface area contributed by atoms with E-state index in [1.54, 1.807) is 0 Å². The highest BCUT2D eigenvalue weighted by molar-refractivity contribution is 5.79. The number of hydrogen-bond donors (Lipinski definition) is 2. The zero-order valence-corrected chi connectivity index (χ0v) is 12.2. The third kappa shape index (κ3) is 4.64. The van der Waals surface area contributed by atoms with E-state index in [9.17, 15) is 4.79 Å². The lowest BCUT2D eigenvalue weighted by Crippen LogP contribution is -2.39. The molecular weight excluding hydrogens is 248 g/mol. The first kappa shape index (κ1) is 15.0. The summed E-state index contributed by atoms with van der Waals surface area (Å²) in [5.74, 6) is 0.672. The summed E-state index contributed by atoms with van der Waals surface area (Å²) in [5.41, 5.74) is 6.95. The average Bonchev–Trinajstić information content (AvgIpc) is 2.52. The molecule has 3 nitrogen and oxygen atoms in total. The van der Waals surface area contributed by atoms with Gasteiger partial charge in [0, 0.05) is 13.1 Å². The quantitative estimate of drug-likeness (QED) is 0.837. The summed E-state index contributed by atoms with van der Waals surface area (Å²) in [5, 5.41) is 3.10. The largest absolute Gasteiger partial charge is 0.356 e. The van der Waals surface area contributed by atoms with Gasteiger partial charge in [0.25, 0.3) is 0 Å². The van der Waals surface area contributed by atoms with Gasteiger partial charge < -0.3 is 11.1 Å². The van der Waals surface area contributed by atoms with Gasteiger partial charge >= 0.3 is 0 Å². The number of hydrogen-bond acceptors (Lipinski definition) is 2. The van der Waals surface area contributed by atoms with Crippen LogP contribution in [0.25, 0.3) is 0 Å². The molecule has 0 heterocycles. The summed E-state index contributed by atoms with van der Waals surface area (Å²) >= 11 is 0.